The Morgan fingerprint density at radius 3 is 2.71 bits per heavy atom. The Hall–Kier alpha value is -2.96. The third-order valence-electron chi connectivity index (χ3n) is 4.30. The lowest BCUT2D eigenvalue weighted by molar-refractivity contribution is 0.0706. The summed E-state index contributed by atoms with van der Waals surface area (Å²) in [6.45, 7) is 3.50. The van der Waals surface area contributed by atoms with Crippen molar-refractivity contribution in [1.82, 2.24) is 24.2 Å². The summed E-state index contributed by atoms with van der Waals surface area (Å²) in [5, 5.41) is 8.12. The summed E-state index contributed by atoms with van der Waals surface area (Å²) >= 11 is 0. The van der Waals surface area contributed by atoms with Crippen LogP contribution < -0.4 is 0 Å². The number of carbonyl (C=O) groups is 1. The highest BCUT2D eigenvalue weighted by Gasteiger charge is 2.24. The molecule has 0 saturated carbocycles. The van der Waals surface area contributed by atoms with Gasteiger partial charge in [0.05, 0.1) is 12.2 Å². The van der Waals surface area contributed by atoms with Gasteiger partial charge in [0.25, 0.3) is 5.91 Å². The second-order valence-corrected chi connectivity index (χ2v) is 5.80. The molecule has 122 valence electrons. The smallest absolute Gasteiger partial charge is 0.254 e. The Kier molecular flexibility index (Phi) is 3.41. The summed E-state index contributed by atoms with van der Waals surface area (Å²) in [5.74, 6) is 0.990. The molecule has 0 bridgehead atoms. The minimum Gasteiger partial charge on any atom is -0.329 e. The molecule has 7 heteroatoms. The Bertz CT molecular complexity index is 900. The number of carbonyl (C=O) groups excluding carboxylic acids is 1. The number of benzene rings is 1. The van der Waals surface area contributed by atoms with Crippen LogP contribution in [-0.4, -0.2) is 36.7 Å². The number of hydrogen-bond donors (Lipinski definition) is 0. The molecule has 0 atom stereocenters. The Morgan fingerprint density at radius 2 is 1.96 bits per heavy atom. The maximum Gasteiger partial charge on any atom is 0.254 e. The average molecular weight is 325 g/mol. The van der Waals surface area contributed by atoms with Crippen molar-refractivity contribution in [3.8, 4) is 5.69 Å². The van der Waals surface area contributed by atoms with E-state index in [-0.39, 0.29) is 5.91 Å². The van der Waals surface area contributed by atoms with Crippen molar-refractivity contribution in [2.45, 2.75) is 20.0 Å². The lowest BCUT2D eigenvalue weighted by atomic mass is 10.1. The molecule has 2 aromatic heterocycles. The monoisotopic (exact) mass is 325 g/mol. The van der Waals surface area contributed by atoms with Gasteiger partial charge in [-0.1, -0.05) is 0 Å². The van der Waals surface area contributed by atoms with E-state index >= 15 is 0 Å². The average Bonchev–Trinajstić information content (AvgIpc) is 3.24. The van der Waals surface area contributed by atoms with Crippen LogP contribution in [0.1, 0.15) is 22.0 Å². The van der Waals surface area contributed by atoms with E-state index in [1.54, 1.807) is 34.0 Å². The van der Waals surface area contributed by atoms with E-state index in [0.29, 0.717) is 30.9 Å². The van der Waals surface area contributed by atoms with E-state index in [1.165, 1.54) is 6.07 Å². The number of aromatic nitrogens is 4. The van der Waals surface area contributed by atoms with Crippen LogP contribution in [0, 0.1) is 12.7 Å². The van der Waals surface area contributed by atoms with E-state index in [4.69, 9.17) is 0 Å². The van der Waals surface area contributed by atoms with Gasteiger partial charge in [0, 0.05) is 31.0 Å². The molecule has 0 N–H and O–H groups in total. The van der Waals surface area contributed by atoms with Gasteiger partial charge in [0.1, 0.15) is 11.6 Å². The quantitative estimate of drug-likeness (QED) is 0.725. The standard InChI is InChI=1S/C17H16FN5O/c1-12-19-20-16-11-22(8-9-23(12)16)17(24)13-4-5-15(14(18)10-13)21-6-2-3-7-21/h2-7,10H,8-9,11H2,1H3. The van der Waals surface area contributed by atoms with Crippen LogP contribution in [0.5, 0.6) is 0 Å². The van der Waals surface area contributed by atoms with Crippen LogP contribution in [0.2, 0.25) is 0 Å². The first kappa shape index (κ1) is 14.6. The molecule has 1 aliphatic heterocycles. The third kappa shape index (κ3) is 2.38. The molecule has 3 heterocycles. The first-order chi connectivity index (χ1) is 11.6. The lowest BCUT2D eigenvalue weighted by Gasteiger charge is -2.27. The fourth-order valence-corrected chi connectivity index (χ4v) is 3.00. The van der Waals surface area contributed by atoms with E-state index in [0.717, 1.165) is 11.6 Å². The van der Waals surface area contributed by atoms with E-state index in [2.05, 4.69) is 10.2 Å². The highest BCUT2D eigenvalue weighted by Crippen LogP contribution is 2.19. The highest BCUT2D eigenvalue weighted by molar-refractivity contribution is 5.94. The zero-order chi connectivity index (χ0) is 16.7. The fourth-order valence-electron chi connectivity index (χ4n) is 3.00. The zero-order valence-corrected chi connectivity index (χ0v) is 13.2. The number of aryl methyl sites for hydroxylation is 1. The summed E-state index contributed by atoms with van der Waals surface area (Å²) in [6.07, 6.45) is 3.53. The van der Waals surface area contributed by atoms with Crippen LogP contribution in [0.4, 0.5) is 4.39 Å². The van der Waals surface area contributed by atoms with Gasteiger partial charge in [0.15, 0.2) is 5.82 Å². The second kappa shape index (κ2) is 5.59. The molecule has 1 amide bonds. The molecule has 4 rings (SSSR count). The van der Waals surface area contributed by atoms with E-state index in [1.807, 2.05) is 23.6 Å². The Labute approximate surface area is 138 Å². The van der Waals surface area contributed by atoms with Gasteiger partial charge in [-0.25, -0.2) is 4.39 Å². The number of rotatable bonds is 2. The predicted molar refractivity (Wildman–Crippen MR) is 85.2 cm³/mol. The minimum atomic E-state index is -0.423. The van der Waals surface area contributed by atoms with Crippen molar-refractivity contribution in [1.29, 1.82) is 0 Å². The van der Waals surface area contributed by atoms with Crippen molar-refractivity contribution in [3.63, 3.8) is 0 Å². The predicted octanol–water partition coefficient (Wildman–Crippen LogP) is 2.17. The van der Waals surface area contributed by atoms with Gasteiger partial charge in [-0.3, -0.25) is 4.79 Å². The van der Waals surface area contributed by atoms with Crippen LogP contribution in [0.3, 0.4) is 0 Å². The van der Waals surface area contributed by atoms with Gasteiger partial charge in [-0.15, -0.1) is 10.2 Å². The van der Waals surface area contributed by atoms with Crippen molar-refractivity contribution in [2.24, 2.45) is 0 Å². The molecule has 0 spiro atoms. The molecule has 6 nitrogen and oxygen atoms in total. The maximum absolute atomic E-state index is 14.4. The first-order valence-electron chi connectivity index (χ1n) is 7.74. The summed E-state index contributed by atoms with van der Waals surface area (Å²) in [5.41, 5.74) is 0.763. The zero-order valence-electron chi connectivity index (χ0n) is 13.2. The van der Waals surface area contributed by atoms with E-state index in [9.17, 15) is 9.18 Å². The van der Waals surface area contributed by atoms with Gasteiger partial charge in [-0.05, 0) is 37.3 Å². The third-order valence-corrected chi connectivity index (χ3v) is 4.30. The number of hydrogen-bond acceptors (Lipinski definition) is 3. The first-order valence-corrected chi connectivity index (χ1v) is 7.74. The molecule has 0 aliphatic carbocycles. The second-order valence-electron chi connectivity index (χ2n) is 5.80. The van der Waals surface area contributed by atoms with Crippen LogP contribution in [-0.2, 0) is 13.1 Å². The van der Waals surface area contributed by atoms with Gasteiger partial charge in [-0.2, -0.15) is 0 Å². The molecule has 3 aromatic rings. The van der Waals surface area contributed by atoms with Crippen LogP contribution in [0.15, 0.2) is 42.7 Å². The van der Waals surface area contributed by atoms with Crippen LogP contribution in [0.25, 0.3) is 5.69 Å². The molecule has 0 radical (unpaired) electrons. The van der Waals surface area contributed by atoms with E-state index < -0.39 is 5.82 Å². The molecule has 1 aliphatic rings. The van der Waals surface area contributed by atoms with Crippen molar-refractivity contribution in [3.05, 3.63) is 65.8 Å². The topological polar surface area (TPSA) is 56.0 Å². The molecule has 0 unspecified atom stereocenters. The molecular weight excluding hydrogens is 309 g/mol. The molecular formula is C17H16FN5O. The van der Waals surface area contributed by atoms with Crippen molar-refractivity contribution < 1.29 is 9.18 Å². The largest absolute Gasteiger partial charge is 0.329 e. The Balaban J connectivity index is 1.58. The minimum absolute atomic E-state index is 0.195. The van der Waals surface area contributed by atoms with Crippen molar-refractivity contribution in [2.75, 3.05) is 6.54 Å². The molecule has 24 heavy (non-hydrogen) atoms. The van der Waals surface area contributed by atoms with Gasteiger partial charge < -0.3 is 14.0 Å². The number of nitrogens with zero attached hydrogens (tertiary/aromatic N) is 5. The highest BCUT2D eigenvalue weighted by atomic mass is 19.1. The number of fused-ring (bicyclic) bond motifs is 1. The molecule has 0 saturated heterocycles. The summed E-state index contributed by atoms with van der Waals surface area (Å²) in [6, 6.07) is 8.22. The Morgan fingerprint density at radius 1 is 1.17 bits per heavy atom. The fraction of sp³-hybridized carbons (Fsp3) is 0.235. The maximum atomic E-state index is 14.4. The summed E-state index contributed by atoms with van der Waals surface area (Å²) in [4.78, 5) is 14.3. The SMILES string of the molecule is Cc1nnc2n1CCN(C(=O)c1ccc(-n3cccc3)c(F)c1)C2. The number of halogens is 1. The molecule has 0 fully saturated rings. The molecule has 1 aromatic carbocycles. The summed E-state index contributed by atoms with van der Waals surface area (Å²) in [7, 11) is 0. The normalized spacial score (nSPS) is 13.8. The van der Waals surface area contributed by atoms with Crippen molar-refractivity contribution >= 4 is 5.91 Å². The van der Waals surface area contributed by atoms with Crippen LogP contribution >= 0.6 is 0 Å². The van der Waals surface area contributed by atoms with Gasteiger partial charge >= 0.3 is 0 Å². The lowest BCUT2D eigenvalue weighted by Crippen LogP contribution is -2.38. The van der Waals surface area contributed by atoms with Gasteiger partial charge in [0.2, 0.25) is 0 Å². The summed E-state index contributed by atoms with van der Waals surface area (Å²) < 4.78 is 18.0. The number of amides is 1.